The van der Waals surface area contributed by atoms with Gasteiger partial charge in [-0.1, -0.05) is 6.07 Å². The van der Waals surface area contributed by atoms with E-state index in [9.17, 15) is 10.1 Å². The molecule has 2 rings (SSSR count). The predicted octanol–water partition coefficient (Wildman–Crippen LogP) is 1.56. The molecule has 106 valence electrons. The number of aliphatic hydroxyl groups is 1. The molecule has 2 aromatic rings. The molecule has 0 spiro atoms. The Bertz CT molecular complexity index is 590. The second-order valence-corrected chi connectivity index (χ2v) is 4.93. The van der Waals surface area contributed by atoms with Crippen molar-refractivity contribution >= 4 is 28.8 Å². The van der Waals surface area contributed by atoms with Gasteiger partial charge in [0.1, 0.15) is 6.20 Å². The minimum absolute atomic E-state index is 0.00195. The molecule has 1 unspecified atom stereocenters. The number of nitrogen functional groups attached to an aromatic ring is 1. The van der Waals surface area contributed by atoms with Gasteiger partial charge in [0.05, 0.1) is 11.0 Å². The Labute approximate surface area is 118 Å². The summed E-state index contributed by atoms with van der Waals surface area (Å²) in [6.45, 7) is -0.00195. The lowest BCUT2D eigenvalue weighted by Crippen LogP contribution is -2.14. The number of aromatic nitrogens is 2. The third-order valence-electron chi connectivity index (χ3n) is 2.60. The van der Waals surface area contributed by atoms with Crippen LogP contribution >= 0.6 is 11.3 Å². The standard InChI is InChI=1S/C11H13N5O3S/c12-10-8(16(18)19)6-13-11(15-10)14-7(3-4-17)9-2-1-5-20-9/h1-2,5-7,17H,3-4H2,(H3,12,13,14,15). The van der Waals surface area contributed by atoms with Gasteiger partial charge in [0.15, 0.2) is 0 Å². The smallest absolute Gasteiger partial charge is 0.329 e. The molecule has 0 radical (unpaired) electrons. The second-order valence-electron chi connectivity index (χ2n) is 3.95. The van der Waals surface area contributed by atoms with Gasteiger partial charge in [-0.05, 0) is 17.9 Å². The topological polar surface area (TPSA) is 127 Å². The van der Waals surface area contributed by atoms with Crippen LogP contribution in [0.5, 0.6) is 0 Å². The molecular formula is C11H13N5O3S. The fraction of sp³-hybridized carbons (Fsp3) is 0.273. The summed E-state index contributed by atoms with van der Waals surface area (Å²) >= 11 is 1.53. The Morgan fingerprint density at radius 2 is 2.40 bits per heavy atom. The average Bonchev–Trinajstić information content (AvgIpc) is 2.91. The lowest BCUT2D eigenvalue weighted by atomic mass is 10.2. The van der Waals surface area contributed by atoms with E-state index < -0.39 is 4.92 Å². The summed E-state index contributed by atoms with van der Waals surface area (Å²) < 4.78 is 0. The summed E-state index contributed by atoms with van der Waals surface area (Å²) in [6.07, 6.45) is 1.54. The molecule has 9 heteroatoms. The molecule has 0 aliphatic rings. The van der Waals surface area contributed by atoms with Gasteiger partial charge in [-0.2, -0.15) is 4.98 Å². The van der Waals surface area contributed by atoms with Gasteiger partial charge in [0.2, 0.25) is 11.8 Å². The third-order valence-corrected chi connectivity index (χ3v) is 3.59. The Kier molecular flexibility index (Phi) is 4.43. The van der Waals surface area contributed by atoms with E-state index in [0.717, 1.165) is 11.1 Å². The van der Waals surface area contributed by atoms with Crippen LogP contribution in [-0.4, -0.2) is 26.6 Å². The molecule has 0 bridgehead atoms. The number of rotatable bonds is 6. The number of nitrogens with zero attached hydrogens (tertiary/aromatic N) is 3. The van der Waals surface area contributed by atoms with Crippen LogP contribution < -0.4 is 11.1 Å². The maximum Gasteiger partial charge on any atom is 0.329 e. The van der Waals surface area contributed by atoms with E-state index in [-0.39, 0.29) is 30.1 Å². The summed E-state index contributed by atoms with van der Waals surface area (Å²) in [7, 11) is 0. The third kappa shape index (κ3) is 3.19. The number of nitro groups is 1. The molecule has 4 N–H and O–H groups in total. The first kappa shape index (κ1) is 14.2. The highest BCUT2D eigenvalue weighted by Gasteiger charge is 2.17. The van der Waals surface area contributed by atoms with Crippen molar-refractivity contribution in [2.45, 2.75) is 12.5 Å². The van der Waals surface area contributed by atoms with Crippen molar-refractivity contribution in [2.24, 2.45) is 0 Å². The highest BCUT2D eigenvalue weighted by atomic mass is 32.1. The average molecular weight is 295 g/mol. The molecule has 2 aromatic heterocycles. The summed E-state index contributed by atoms with van der Waals surface area (Å²) in [5.74, 6) is 0.00128. The molecule has 0 aliphatic carbocycles. The molecule has 0 amide bonds. The van der Waals surface area contributed by atoms with E-state index in [1.165, 1.54) is 11.3 Å². The molecule has 2 heterocycles. The van der Waals surface area contributed by atoms with Crippen LogP contribution in [0.4, 0.5) is 17.5 Å². The van der Waals surface area contributed by atoms with E-state index >= 15 is 0 Å². The van der Waals surface area contributed by atoms with Gasteiger partial charge >= 0.3 is 5.69 Å². The number of nitrogens with two attached hydrogens (primary N) is 1. The largest absolute Gasteiger partial charge is 0.396 e. The number of hydrogen-bond donors (Lipinski definition) is 3. The van der Waals surface area contributed by atoms with Gasteiger partial charge < -0.3 is 16.2 Å². The van der Waals surface area contributed by atoms with Crippen molar-refractivity contribution < 1.29 is 10.0 Å². The first-order chi connectivity index (χ1) is 9.61. The Balaban J connectivity index is 2.19. The van der Waals surface area contributed by atoms with Crippen molar-refractivity contribution in [3.05, 3.63) is 38.7 Å². The summed E-state index contributed by atoms with van der Waals surface area (Å²) in [6, 6.07) is 3.66. The second kappa shape index (κ2) is 6.26. The fourth-order valence-corrected chi connectivity index (χ4v) is 2.47. The molecule has 0 aliphatic heterocycles. The van der Waals surface area contributed by atoms with E-state index in [2.05, 4.69) is 15.3 Å². The quantitative estimate of drug-likeness (QED) is 0.545. The summed E-state index contributed by atoms with van der Waals surface area (Å²) in [5, 5.41) is 24.7. The van der Waals surface area contributed by atoms with Crippen molar-refractivity contribution in [1.82, 2.24) is 9.97 Å². The predicted molar refractivity (Wildman–Crippen MR) is 75.5 cm³/mol. The molecule has 0 saturated carbocycles. The number of aliphatic hydroxyl groups excluding tert-OH is 1. The first-order valence-corrected chi connectivity index (χ1v) is 6.67. The van der Waals surface area contributed by atoms with Crippen molar-refractivity contribution in [2.75, 3.05) is 17.7 Å². The van der Waals surface area contributed by atoms with Gasteiger partial charge in [-0.15, -0.1) is 11.3 Å². The van der Waals surface area contributed by atoms with Crippen molar-refractivity contribution in [1.29, 1.82) is 0 Å². The van der Waals surface area contributed by atoms with Crippen LogP contribution in [0.15, 0.2) is 23.7 Å². The van der Waals surface area contributed by atoms with Crippen LogP contribution in [0.2, 0.25) is 0 Å². The fourth-order valence-electron chi connectivity index (χ4n) is 1.66. The van der Waals surface area contributed by atoms with Gasteiger partial charge in [-0.3, -0.25) is 10.1 Å². The number of anilines is 2. The van der Waals surface area contributed by atoms with Gasteiger partial charge in [0.25, 0.3) is 0 Å². The molecule has 0 aromatic carbocycles. The van der Waals surface area contributed by atoms with Crippen LogP contribution in [0.25, 0.3) is 0 Å². The van der Waals surface area contributed by atoms with E-state index in [4.69, 9.17) is 10.8 Å². The molecule has 1 atom stereocenters. The number of nitrogens with one attached hydrogen (secondary N) is 1. The van der Waals surface area contributed by atoms with E-state index in [1.807, 2.05) is 17.5 Å². The molecular weight excluding hydrogens is 282 g/mol. The zero-order valence-electron chi connectivity index (χ0n) is 10.4. The maximum atomic E-state index is 10.6. The maximum absolute atomic E-state index is 10.6. The lowest BCUT2D eigenvalue weighted by molar-refractivity contribution is -0.384. The number of thiophene rings is 1. The number of hydrogen-bond acceptors (Lipinski definition) is 8. The molecule has 0 fully saturated rings. The molecule has 20 heavy (non-hydrogen) atoms. The molecule has 8 nitrogen and oxygen atoms in total. The Morgan fingerprint density at radius 1 is 1.60 bits per heavy atom. The first-order valence-electron chi connectivity index (χ1n) is 5.79. The SMILES string of the molecule is Nc1nc(NC(CCO)c2cccs2)ncc1[N+](=O)[O-]. The van der Waals surface area contributed by atoms with Crippen LogP contribution in [0.1, 0.15) is 17.3 Å². The summed E-state index contributed by atoms with van der Waals surface area (Å²) in [4.78, 5) is 18.8. The highest BCUT2D eigenvalue weighted by molar-refractivity contribution is 7.10. The lowest BCUT2D eigenvalue weighted by Gasteiger charge is -2.16. The normalized spacial score (nSPS) is 12.1. The Morgan fingerprint density at radius 3 is 2.95 bits per heavy atom. The zero-order chi connectivity index (χ0) is 14.5. The van der Waals surface area contributed by atoms with Crippen LogP contribution in [-0.2, 0) is 0 Å². The molecule has 0 saturated heterocycles. The van der Waals surface area contributed by atoms with E-state index in [1.54, 1.807) is 0 Å². The van der Waals surface area contributed by atoms with Crippen molar-refractivity contribution in [3.63, 3.8) is 0 Å². The zero-order valence-corrected chi connectivity index (χ0v) is 11.2. The van der Waals surface area contributed by atoms with Gasteiger partial charge in [0, 0.05) is 11.5 Å². The van der Waals surface area contributed by atoms with Crippen LogP contribution in [0.3, 0.4) is 0 Å². The van der Waals surface area contributed by atoms with Crippen molar-refractivity contribution in [3.8, 4) is 0 Å². The van der Waals surface area contributed by atoms with Crippen LogP contribution in [0, 0.1) is 10.1 Å². The minimum Gasteiger partial charge on any atom is -0.396 e. The Hall–Kier alpha value is -2.26. The highest BCUT2D eigenvalue weighted by Crippen LogP contribution is 2.26. The van der Waals surface area contributed by atoms with Gasteiger partial charge in [-0.25, -0.2) is 4.98 Å². The minimum atomic E-state index is -0.635. The summed E-state index contributed by atoms with van der Waals surface area (Å²) in [5.41, 5.74) is 5.18. The van der Waals surface area contributed by atoms with E-state index in [0.29, 0.717) is 6.42 Å². The monoisotopic (exact) mass is 295 g/mol.